The van der Waals surface area contributed by atoms with Gasteiger partial charge in [-0.05, 0) is 31.0 Å². The molecule has 3 amide bonds. The number of urea groups is 1. The number of hydrogen-bond donors (Lipinski definition) is 2. The average molecular weight is 304 g/mol. The number of nitrogens with one attached hydrogen (secondary N) is 1. The number of amides is 3. The number of benzene rings is 1. The molecule has 0 unspecified atom stereocenters. The van der Waals surface area contributed by atoms with Crippen LogP contribution in [0.2, 0.25) is 0 Å². The molecule has 6 heteroatoms. The lowest BCUT2D eigenvalue weighted by atomic mass is 10.1. The van der Waals surface area contributed by atoms with Crippen molar-refractivity contribution in [2.45, 2.75) is 26.2 Å². The molecule has 0 saturated carbocycles. The second-order valence-electron chi connectivity index (χ2n) is 5.01. The van der Waals surface area contributed by atoms with Gasteiger partial charge in [0.25, 0.3) is 0 Å². The molecule has 0 spiro atoms. The van der Waals surface area contributed by atoms with Crippen LogP contribution in [0, 0.1) is 24.6 Å². The Morgan fingerprint density at radius 1 is 1.41 bits per heavy atom. The molecule has 1 aliphatic rings. The highest BCUT2D eigenvalue weighted by atomic mass is 19.1. The van der Waals surface area contributed by atoms with Gasteiger partial charge in [-0.2, -0.15) is 0 Å². The van der Waals surface area contributed by atoms with Crippen molar-refractivity contribution in [2.24, 2.45) is 0 Å². The van der Waals surface area contributed by atoms with Crippen molar-refractivity contribution in [3.63, 3.8) is 0 Å². The van der Waals surface area contributed by atoms with E-state index in [0.717, 1.165) is 0 Å². The third kappa shape index (κ3) is 3.62. The first-order valence-electron chi connectivity index (χ1n) is 7.04. The van der Waals surface area contributed by atoms with Gasteiger partial charge in [-0.25, -0.2) is 9.18 Å². The number of carbonyl (C=O) groups excluding carboxylic acids is 2. The highest BCUT2D eigenvalue weighted by molar-refractivity contribution is 6.06. The average Bonchev–Trinajstić information content (AvgIpc) is 2.45. The topological polar surface area (TPSA) is 69.6 Å². The molecule has 0 aromatic heterocycles. The van der Waals surface area contributed by atoms with Crippen LogP contribution in [0.4, 0.5) is 14.9 Å². The van der Waals surface area contributed by atoms with Crippen LogP contribution in [-0.4, -0.2) is 30.2 Å². The second kappa shape index (κ2) is 7.05. The van der Waals surface area contributed by atoms with Crippen LogP contribution in [0.25, 0.3) is 0 Å². The van der Waals surface area contributed by atoms with E-state index in [2.05, 4.69) is 17.2 Å². The predicted octanol–water partition coefficient (Wildman–Crippen LogP) is 1.70. The smallest absolute Gasteiger partial charge is 0.328 e. The molecule has 5 nitrogen and oxygen atoms in total. The summed E-state index contributed by atoms with van der Waals surface area (Å²) in [5, 5.41) is 10.9. The number of aryl methyl sites for hydroxylation is 1. The van der Waals surface area contributed by atoms with Gasteiger partial charge in [0.15, 0.2) is 0 Å². The van der Waals surface area contributed by atoms with Crippen LogP contribution in [0.3, 0.4) is 0 Å². The number of unbranched alkanes of at least 4 members (excludes halogenated alkanes) is 1. The minimum absolute atomic E-state index is 0.0732. The summed E-state index contributed by atoms with van der Waals surface area (Å²) in [6, 6.07) is 2.37. The number of aliphatic hydroxyl groups excluding tert-OH is 1. The molecule has 1 aromatic carbocycles. The van der Waals surface area contributed by atoms with E-state index in [1.54, 1.807) is 13.0 Å². The fourth-order valence-electron chi connectivity index (χ4n) is 2.26. The summed E-state index contributed by atoms with van der Waals surface area (Å²) in [7, 11) is 0. The van der Waals surface area contributed by atoms with Crippen molar-refractivity contribution < 1.29 is 19.1 Å². The summed E-state index contributed by atoms with van der Waals surface area (Å²) in [4.78, 5) is 24.2. The first-order chi connectivity index (χ1) is 10.5. The van der Waals surface area contributed by atoms with Gasteiger partial charge in [-0.1, -0.05) is 11.8 Å². The predicted molar refractivity (Wildman–Crippen MR) is 79.8 cm³/mol. The first-order valence-corrected chi connectivity index (χ1v) is 7.04. The number of hydrogen-bond acceptors (Lipinski definition) is 3. The van der Waals surface area contributed by atoms with Gasteiger partial charge in [0, 0.05) is 31.6 Å². The van der Waals surface area contributed by atoms with Gasteiger partial charge in [0.2, 0.25) is 5.91 Å². The Morgan fingerprint density at radius 2 is 2.18 bits per heavy atom. The highest BCUT2D eigenvalue weighted by Gasteiger charge is 2.27. The first kappa shape index (κ1) is 16.0. The maximum absolute atomic E-state index is 14.3. The van der Waals surface area contributed by atoms with Crippen molar-refractivity contribution in [2.75, 3.05) is 18.1 Å². The molecular weight excluding hydrogens is 287 g/mol. The minimum Gasteiger partial charge on any atom is -0.396 e. The summed E-state index contributed by atoms with van der Waals surface area (Å²) in [5.41, 5.74) is 1.27. The van der Waals surface area contributed by atoms with E-state index >= 15 is 0 Å². The van der Waals surface area contributed by atoms with Crippen LogP contribution >= 0.6 is 0 Å². The minimum atomic E-state index is -0.611. The van der Waals surface area contributed by atoms with E-state index in [4.69, 9.17) is 5.11 Å². The number of anilines is 1. The van der Waals surface area contributed by atoms with Crippen molar-refractivity contribution in [3.05, 3.63) is 29.1 Å². The Labute approximate surface area is 128 Å². The van der Waals surface area contributed by atoms with Crippen LogP contribution in [0.1, 0.15) is 30.4 Å². The molecule has 1 saturated heterocycles. The van der Waals surface area contributed by atoms with E-state index in [9.17, 15) is 14.0 Å². The Bertz CT molecular complexity index is 638. The molecular formula is C16H17FN2O3. The molecule has 1 aromatic rings. The third-order valence-electron chi connectivity index (χ3n) is 3.27. The van der Waals surface area contributed by atoms with Crippen molar-refractivity contribution >= 4 is 17.6 Å². The fourth-order valence-corrected chi connectivity index (χ4v) is 2.26. The largest absolute Gasteiger partial charge is 0.396 e. The zero-order chi connectivity index (χ0) is 16.1. The van der Waals surface area contributed by atoms with Gasteiger partial charge in [0.1, 0.15) is 5.82 Å². The molecule has 116 valence electrons. The summed E-state index contributed by atoms with van der Waals surface area (Å²) in [6.07, 6.45) is 1.26. The van der Waals surface area contributed by atoms with Crippen molar-refractivity contribution in [3.8, 4) is 11.8 Å². The summed E-state index contributed by atoms with van der Waals surface area (Å²) in [5.74, 6) is 4.79. The molecule has 0 bridgehead atoms. The zero-order valence-corrected chi connectivity index (χ0v) is 12.3. The van der Waals surface area contributed by atoms with E-state index in [-0.39, 0.29) is 31.2 Å². The maximum Gasteiger partial charge on any atom is 0.328 e. The molecule has 2 N–H and O–H groups in total. The number of aliphatic hydroxyl groups is 1. The molecule has 1 heterocycles. The lowest BCUT2D eigenvalue weighted by Gasteiger charge is -2.28. The van der Waals surface area contributed by atoms with E-state index in [1.165, 1.54) is 11.0 Å². The quantitative estimate of drug-likeness (QED) is 0.660. The molecule has 1 fully saturated rings. The van der Waals surface area contributed by atoms with Crippen LogP contribution in [0.5, 0.6) is 0 Å². The van der Waals surface area contributed by atoms with Gasteiger partial charge >= 0.3 is 6.03 Å². The van der Waals surface area contributed by atoms with Crippen LogP contribution in [-0.2, 0) is 4.79 Å². The van der Waals surface area contributed by atoms with Gasteiger partial charge in [0.05, 0.1) is 5.69 Å². The molecule has 1 aliphatic heterocycles. The van der Waals surface area contributed by atoms with Gasteiger partial charge in [-0.3, -0.25) is 15.0 Å². The monoisotopic (exact) mass is 304 g/mol. The summed E-state index contributed by atoms with van der Waals surface area (Å²) >= 11 is 0. The lowest BCUT2D eigenvalue weighted by Crippen LogP contribution is -2.50. The van der Waals surface area contributed by atoms with E-state index in [1.807, 2.05) is 0 Å². The maximum atomic E-state index is 14.3. The van der Waals surface area contributed by atoms with Crippen LogP contribution in [0.15, 0.2) is 12.1 Å². The van der Waals surface area contributed by atoms with Gasteiger partial charge in [-0.15, -0.1) is 0 Å². The van der Waals surface area contributed by atoms with Crippen LogP contribution < -0.4 is 10.2 Å². The van der Waals surface area contributed by atoms with Crippen molar-refractivity contribution in [1.82, 2.24) is 5.32 Å². The highest BCUT2D eigenvalue weighted by Crippen LogP contribution is 2.27. The zero-order valence-electron chi connectivity index (χ0n) is 12.3. The Morgan fingerprint density at radius 3 is 2.82 bits per heavy atom. The fraction of sp³-hybridized carbons (Fsp3) is 0.375. The number of halogens is 1. The number of carbonyl (C=O) groups is 2. The molecule has 0 radical (unpaired) electrons. The molecule has 2 rings (SSSR count). The molecule has 22 heavy (non-hydrogen) atoms. The van der Waals surface area contributed by atoms with E-state index in [0.29, 0.717) is 24.0 Å². The normalized spacial score (nSPS) is 14.4. The number of imide groups is 1. The van der Waals surface area contributed by atoms with E-state index < -0.39 is 11.8 Å². The Hall–Kier alpha value is -2.39. The SMILES string of the molecule is Cc1cc(C#CCCCO)cc(F)c1N1CCC(=O)NC1=O. The number of rotatable bonds is 3. The Kier molecular flexibility index (Phi) is 5.12. The van der Waals surface area contributed by atoms with Gasteiger partial charge < -0.3 is 5.11 Å². The molecule has 0 atom stereocenters. The summed E-state index contributed by atoms with van der Waals surface area (Å²) < 4.78 is 14.3. The standard InChI is InChI=1S/C16H17FN2O3/c1-11-9-12(5-3-2-4-8-20)10-13(17)15(11)19-7-6-14(21)18-16(19)22/h9-10,20H,2,4,6-8H2,1H3,(H,18,21,22). The lowest BCUT2D eigenvalue weighted by molar-refractivity contribution is -0.120. The van der Waals surface area contributed by atoms with Crippen molar-refractivity contribution in [1.29, 1.82) is 0 Å². The third-order valence-corrected chi connectivity index (χ3v) is 3.27. The molecule has 0 aliphatic carbocycles. The summed E-state index contributed by atoms with van der Waals surface area (Å²) in [6.45, 7) is 1.93. The number of nitrogens with zero attached hydrogens (tertiary/aromatic N) is 1. The Balaban J connectivity index is 2.25. The second-order valence-corrected chi connectivity index (χ2v) is 5.01.